The van der Waals surface area contributed by atoms with Crippen LogP contribution in [0.3, 0.4) is 0 Å². The Morgan fingerprint density at radius 3 is 2.91 bits per heavy atom. The Kier molecular flexibility index (Phi) is 2.11. The molecule has 2 rings (SSSR count). The van der Waals surface area contributed by atoms with Gasteiger partial charge in [0, 0.05) is 0 Å². The third kappa shape index (κ3) is 1.74. The molecule has 0 heterocycles. The van der Waals surface area contributed by atoms with Gasteiger partial charge in [-0.05, 0) is 43.9 Å². The zero-order valence-electron chi connectivity index (χ0n) is 7.00. The predicted molar refractivity (Wildman–Crippen MR) is 48.3 cm³/mol. The van der Waals surface area contributed by atoms with E-state index < -0.39 is 0 Å². The molecule has 0 amide bonds. The van der Waals surface area contributed by atoms with Crippen LogP contribution in [0.4, 0.5) is 0 Å². The van der Waals surface area contributed by atoms with E-state index in [0.29, 0.717) is 0 Å². The van der Waals surface area contributed by atoms with Gasteiger partial charge in [0.05, 0.1) is 0 Å². The molecule has 2 bridgehead atoms. The minimum absolute atomic E-state index is 0.902. The van der Waals surface area contributed by atoms with Gasteiger partial charge in [0.15, 0.2) is 0 Å². The van der Waals surface area contributed by atoms with Gasteiger partial charge in [-0.25, -0.2) is 0 Å². The van der Waals surface area contributed by atoms with Crippen molar-refractivity contribution in [3.63, 3.8) is 0 Å². The number of allylic oxidation sites excluding steroid dienone is 4. The van der Waals surface area contributed by atoms with Crippen LogP contribution in [0.2, 0.25) is 0 Å². The topological polar surface area (TPSA) is 0 Å². The van der Waals surface area contributed by atoms with E-state index in [9.17, 15) is 0 Å². The van der Waals surface area contributed by atoms with Crippen LogP contribution < -0.4 is 0 Å². The first-order valence-electron chi connectivity index (χ1n) is 4.77. The third-order valence-corrected chi connectivity index (χ3v) is 2.85. The van der Waals surface area contributed by atoms with E-state index in [4.69, 9.17) is 0 Å². The van der Waals surface area contributed by atoms with Crippen molar-refractivity contribution in [3.05, 3.63) is 24.3 Å². The molecule has 2 aliphatic rings. The molecule has 0 radical (unpaired) electrons. The normalized spacial score (nSPS) is 39.3. The molecule has 0 N–H and O–H groups in total. The highest BCUT2D eigenvalue weighted by Gasteiger charge is 2.17. The fourth-order valence-corrected chi connectivity index (χ4v) is 2.19. The summed E-state index contributed by atoms with van der Waals surface area (Å²) in [7, 11) is 0. The number of hydrogen-bond acceptors (Lipinski definition) is 0. The average molecular weight is 148 g/mol. The van der Waals surface area contributed by atoms with Crippen molar-refractivity contribution >= 4 is 0 Å². The average Bonchev–Trinajstić information content (AvgIpc) is 2.02. The summed E-state index contributed by atoms with van der Waals surface area (Å²) in [6.45, 7) is 0. The Morgan fingerprint density at radius 1 is 1.00 bits per heavy atom. The van der Waals surface area contributed by atoms with Crippen LogP contribution in [-0.2, 0) is 0 Å². The van der Waals surface area contributed by atoms with Crippen molar-refractivity contribution in [1.29, 1.82) is 0 Å². The minimum Gasteiger partial charge on any atom is -0.0885 e. The highest BCUT2D eigenvalue weighted by Crippen LogP contribution is 2.30. The van der Waals surface area contributed by atoms with E-state index in [-0.39, 0.29) is 0 Å². The van der Waals surface area contributed by atoms with Gasteiger partial charge in [-0.2, -0.15) is 0 Å². The fraction of sp³-hybridized carbons (Fsp3) is 0.636. The van der Waals surface area contributed by atoms with E-state index in [1.165, 1.54) is 32.1 Å². The van der Waals surface area contributed by atoms with Gasteiger partial charge < -0.3 is 0 Å². The molecule has 0 fully saturated rings. The van der Waals surface area contributed by atoms with Gasteiger partial charge in [0.25, 0.3) is 0 Å². The summed E-state index contributed by atoms with van der Waals surface area (Å²) in [5.41, 5.74) is 0. The van der Waals surface area contributed by atoms with Gasteiger partial charge in [-0.1, -0.05) is 24.3 Å². The molecule has 0 saturated carbocycles. The molecular formula is C11H16. The van der Waals surface area contributed by atoms with Crippen molar-refractivity contribution in [2.24, 2.45) is 11.8 Å². The predicted octanol–water partition coefficient (Wildman–Crippen LogP) is 3.31. The van der Waals surface area contributed by atoms with Crippen molar-refractivity contribution < 1.29 is 0 Å². The van der Waals surface area contributed by atoms with Crippen LogP contribution in [0, 0.1) is 11.8 Å². The lowest BCUT2D eigenvalue weighted by Crippen LogP contribution is -2.11. The van der Waals surface area contributed by atoms with Crippen LogP contribution in [-0.4, -0.2) is 0 Å². The first-order valence-corrected chi connectivity index (χ1v) is 4.77. The first-order chi connectivity index (χ1) is 5.45. The third-order valence-electron chi connectivity index (χ3n) is 2.85. The molecule has 11 heavy (non-hydrogen) atoms. The quantitative estimate of drug-likeness (QED) is 0.462. The monoisotopic (exact) mass is 148 g/mol. The van der Waals surface area contributed by atoms with Gasteiger partial charge in [-0.3, -0.25) is 0 Å². The molecule has 0 saturated heterocycles. The largest absolute Gasteiger partial charge is 0.0885 e. The molecule has 60 valence electrons. The summed E-state index contributed by atoms with van der Waals surface area (Å²) >= 11 is 0. The summed E-state index contributed by atoms with van der Waals surface area (Å²) in [6.07, 6.45) is 16.3. The van der Waals surface area contributed by atoms with Crippen molar-refractivity contribution in [2.45, 2.75) is 32.1 Å². The molecule has 2 aliphatic carbocycles. The van der Waals surface area contributed by atoms with E-state index in [1.54, 1.807) is 0 Å². The molecule has 2 unspecified atom stereocenters. The van der Waals surface area contributed by atoms with Crippen LogP contribution in [0.25, 0.3) is 0 Å². The zero-order valence-corrected chi connectivity index (χ0v) is 7.00. The highest BCUT2D eigenvalue weighted by atomic mass is 14.2. The van der Waals surface area contributed by atoms with Crippen LogP contribution in [0.5, 0.6) is 0 Å². The Labute approximate surface area is 69.0 Å². The standard InChI is InChI=1S/C11H16/c1-2-5-10-7-4-8-11(9-10)6-3-1/h1-2,4,8,10-11H,3,5-7,9H2/b2-1-. The molecule has 0 heteroatoms. The maximum absolute atomic E-state index is 2.43. The van der Waals surface area contributed by atoms with Gasteiger partial charge in [0.2, 0.25) is 0 Å². The minimum atomic E-state index is 0.902. The summed E-state index contributed by atoms with van der Waals surface area (Å²) in [6, 6.07) is 0. The summed E-state index contributed by atoms with van der Waals surface area (Å²) in [4.78, 5) is 0. The van der Waals surface area contributed by atoms with Crippen molar-refractivity contribution in [2.75, 3.05) is 0 Å². The Balaban J connectivity index is 2.07. The molecule has 0 aromatic rings. The fourth-order valence-electron chi connectivity index (χ4n) is 2.19. The summed E-state index contributed by atoms with van der Waals surface area (Å²) in [5.74, 6) is 1.86. The lowest BCUT2D eigenvalue weighted by molar-refractivity contribution is 0.380. The van der Waals surface area contributed by atoms with E-state index >= 15 is 0 Å². The molecule has 0 aromatic heterocycles. The SMILES string of the molecule is C1=CC2CC/C=C\CC(C1)C2. The van der Waals surface area contributed by atoms with Gasteiger partial charge in [0.1, 0.15) is 0 Å². The van der Waals surface area contributed by atoms with Crippen LogP contribution >= 0.6 is 0 Å². The first kappa shape index (κ1) is 7.15. The lowest BCUT2D eigenvalue weighted by Gasteiger charge is -2.25. The van der Waals surface area contributed by atoms with E-state index in [0.717, 1.165) is 11.8 Å². The molecule has 0 nitrogen and oxygen atoms in total. The van der Waals surface area contributed by atoms with Crippen LogP contribution in [0.1, 0.15) is 32.1 Å². The smallest absolute Gasteiger partial charge is 0.0228 e. The number of hydrogen-bond donors (Lipinski definition) is 0. The van der Waals surface area contributed by atoms with E-state index in [1.807, 2.05) is 0 Å². The Morgan fingerprint density at radius 2 is 1.91 bits per heavy atom. The van der Waals surface area contributed by atoms with Crippen LogP contribution in [0.15, 0.2) is 24.3 Å². The second kappa shape index (κ2) is 3.25. The summed E-state index contributed by atoms with van der Waals surface area (Å²) in [5, 5.41) is 0. The molecule has 0 aromatic carbocycles. The van der Waals surface area contributed by atoms with E-state index in [2.05, 4.69) is 24.3 Å². The molecule has 0 aliphatic heterocycles. The summed E-state index contributed by atoms with van der Waals surface area (Å²) < 4.78 is 0. The second-order valence-electron chi connectivity index (χ2n) is 3.81. The van der Waals surface area contributed by atoms with Crippen molar-refractivity contribution in [3.8, 4) is 0 Å². The Hall–Kier alpha value is -0.520. The van der Waals surface area contributed by atoms with Crippen molar-refractivity contribution in [1.82, 2.24) is 0 Å². The highest BCUT2D eigenvalue weighted by molar-refractivity contribution is 5.00. The molecule has 0 spiro atoms. The maximum atomic E-state index is 2.43. The van der Waals surface area contributed by atoms with Gasteiger partial charge in [-0.15, -0.1) is 0 Å². The zero-order chi connectivity index (χ0) is 7.52. The number of rotatable bonds is 0. The molecular weight excluding hydrogens is 132 g/mol. The number of fused-ring (bicyclic) bond motifs is 2. The Bertz CT molecular complexity index is 176. The second-order valence-corrected chi connectivity index (χ2v) is 3.81. The molecule has 2 atom stereocenters. The maximum Gasteiger partial charge on any atom is -0.0228 e. The lowest BCUT2D eigenvalue weighted by atomic mass is 9.81. The van der Waals surface area contributed by atoms with Gasteiger partial charge >= 0.3 is 0 Å².